The second-order valence-corrected chi connectivity index (χ2v) is 6.61. The zero-order valence-corrected chi connectivity index (χ0v) is 19.3. The van der Waals surface area contributed by atoms with Gasteiger partial charge in [-0.2, -0.15) is 0 Å². The third-order valence-electron chi connectivity index (χ3n) is 4.04. The monoisotopic (exact) mass is 496 g/mol. The molecule has 0 atom stereocenters. The topological polar surface area (TPSA) is 161 Å². The van der Waals surface area contributed by atoms with Gasteiger partial charge in [-0.05, 0) is 22.3 Å². The van der Waals surface area contributed by atoms with Crippen LogP contribution in [0, 0.1) is 7.43 Å². The van der Waals surface area contributed by atoms with Crippen molar-refractivity contribution in [2.45, 2.75) is 0 Å². The second-order valence-electron chi connectivity index (χ2n) is 6.61. The van der Waals surface area contributed by atoms with Gasteiger partial charge in [0.05, 0.1) is 23.9 Å². The molecule has 4 aromatic carbocycles. The molecular formula is C29H20O8. The van der Waals surface area contributed by atoms with E-state index < -0.39 is 23.9 Å². The molecule has 0 radical (unpaired) electrons. The SMILES string of the molecule is O=C([O-])c1ccccc1.O=C([O-])c1ccccc1.O=C([O-])c1ccccc1.O=C([O-])c1ccccc1.[C+4]. The minimum atomic E-state index is -1.13. The van der Waals surface area contributed by atoms with Gasteiger partial charge in [0.1, 0.15) is 0 Å². The van der Waals surface area contributed by atoms with Crippen molar-refractivity contribution < 1.29 is 39.6 Å². The summed E-state index contributed by atoms with van der Waals surface area (Å²) in [5, 5.41) is 40.4. The maximum Gasteiger partial charge on any atom is 4.00 e. The number of hydrogen-bond acceptors (Lipinski definition) is 8. The molecule has 8 nitrogen and oxygen atoms in total. The molecule has 0 aromatic heterocycles. The van der Waals surface area contributed by atoms with E-state index in [0.717, 1.165) is 0 Å². The molecule has 0 aliphatic carbocycles. The Balaban J connectivity index is 0.000000463. The molecule has 184 valence electrons. The van der Waals surface area contributed by atoms with Crippen molar-refractivity contribution in [2.75, 3.05) is 0 Å². The zero-order valence-electron chi connectivity index (χ0n) is 19.3. The van der Waals surface area contributed by atoms with Crippen LogP contribution in [0.5, 0.6) is 0 Å². The van der Waals surface area contributed by atoms with Gasteiger partial charge in [0.2, 0.25) is 0 Å². The van der Waals surface area contributed by atoms with Crippen LogP contribution in [0.1, 0.15) is 41.4 Å². The first kappa shape index (κ1) is 31.8. The normalized spacial score (nSPS) is 8.65. The van der Waals surface area contributed by atoms with Crippen LogP contribution in [0.4, 0.5) is 0 Å². The molecule has 0 saturated heterocycles. The quantitative estimate of drug-likeness (QED) is 0.389. The summed E-state index contributed by atoms with van der Waals surface area (Å²) < 4.78 is 0. The Morgan fingerprint density at radius 2 is 0.459 bits per heavy atom. The Morgan fingerprint density at radius 3 is 0.541 bits per heavy atom. The van der Waals surface area contributed by atoms with Gasteiger partial charge >= 0.3 is 7.43 Å². The summed E-state index contributed by atoms with van der Waals surface area (Å²) in [5.74, 6) is -4.52. The van der Waals surface area contributed by atoms with Gasteiger partial charge in [-0.1, -0.05) is 121 Å². The molecule has 0 fully saturated rings. The average Bonchev–Trinajstić information content (AvgIpc) is 2.92. The number of rotatable bonds is 4. The number of carboxylic acid groups (broad SMARTS) is 4. The van der Waals surface area contributed by atoms with E-state index in [4.69, 9.17) is 0 Å². The number of carbonyl (C=O) groups excluding carboxylic acids is 4. The molecule has 4 aromatic rings. The maximum absolute atomic E-state index is 10.1. The molecule has 0 unspecified atom stereocenters. The Morgan fingerprint density at radius 1 is 0.324 bits per heavy atom. The van der Waals surface area contributed by atoms with Crippen LogP contribution in [0.3, 0.4) is 0 Å². The maximum atomic E-state index is 10.1. The molecule has 37 heavy (non-hydrogen) atoms. The third kappa shape index (κ3) is 13.9. The van der Waals surface area contributed by atoms with Crippen molar-refractivity contribution >= 4 is 23.9 Å². The number of carboxylic acids is 4. The van der Waals surface area contributed by atoms with Crippen LogP contribution in [0.25, 0.3) is 0 Å². The van der Waals surface area contributed by atoms with Gasteiger partial charge in [0, 0.05) is 0 Å². The Bertz CT molecular complexity index is 1010. The van der Waals surface area contributed by atoms with Crippen molar-refractivity contribution in [1.82, 2.24) is 0 Å². The smallest absolute Gasteiger partial charge is 0.545 e. The minimum Gasteiger partial charge on any atom is -0.545 e. The number of benzene rings is 4. The summed E-state index contributed by atoms with van der Waals surface area (Å²) in [6, 6.07) is 32.3. The van der Waals surface area contributed by atoms with Crippen molar-refractivity contribution in [3.05, 3.63) is 151 Å². The molecule has 0 spiro atoms. The predicted molar refractivity (Wildman–Crippen MR) is 126 cm³/mol. The van der Waals surface area contributed by atoms with Crippen molar-refractivity contribution in [3.63, 3.8) is 0 Å². The van der Waals surface area contributed by atoms with Crippen molar-refractivity contribution in [2.24, 2.45) is 0 Å². The van der Waals surface area contributed by atoms with Gasteiger partial charge in [-0.15, -0.1) is 0 Å². The molecule has 0 heterocycles. The number of aromatic carboxylic acids is 4. The summed E-state index contributed by atoms with van der Waals surface area (Å²) in [6.45, 7) is 0. The van der Waals surface area contributed by atoms with Crippen LogP contribution >= 0.6 is 0 Å². The van der Waals surface area contributed by atoms with Gasteiger partial charge in [-0.25, -0.2) is 0 Å². The molecule has 0 N–H and O–H groups in total. The van der Waals surface area contributed by atoms with E-state index in [0.29, 0.717) is 0 Å². The standard InChI is InChI=1S/4C7H6O2.C/c4*8-7(9)6-4-2-1-3-5-6;/h4*1-5H,(H,8,9);/q;;;;+4/p-4. The molecular weight excluding hydrogens is 476 g/mol. The first-order valence-corrected chi connectivity index (χ1v) is 10.3. The molecule has 0 amide bonds. The van der Waals surface area contributed by atoms with Crippen LogP contribution in [-0.4, -0.2) is 23.9 Å². The average molecular weight is 496 g/mol. The van der Waals surface area contributed by atoms with E-state index in [1.165, 1.54) is 48.5 Å². The third-order valence-corrected chi connectivity index (χ3v) is 4.04. The predicted octanol–water partition coefficient (Wildman–Crippen LogP) is 0.282. The van der Waals surface area contributed by atoms with Gasteiger partial charge < -0.3 is 39.6 Å². The van der Waals surface area contributed by atoms with Crippen LogP contribution in [0.2, 0.25) is 0 Å². The molecule has 0 aliphatic rings. The molecule has 0 saturated carbocycles. The van der Waals surface area contributed by atoms with Crippen molar-refractivity contribution in [3.8, 4) is 0 Å². The molecule has 4 rings (SSSR count). The summed E-state index contributed by atoms with van der Waals surface area (Å²) in [7, 11) is 0. The summed E-state index contributed by atoms with van der Waals surface area (Å²) in [6.07, 6.45) is 0. The summed E-state index contributed by atoms with van der Waals surface area (Å²) >= 11 is 0. The van der Waals surface area contributed by atoms with E-state index in [1.54, 1.807) is 72.8 Å². The fraction of sp³-hybridized carbons (Fsp3) is 0. The van der Waals surface area contributed by atoms with Crippen molar-refractivity contribution in [1.29, 1.82) is 0 Å². The summed E-state index contributed by atoms with van der Waals surface area (Å²) in [4.78, 5) is 40.4. The fourth-order valence-corrected chi connectivity index (χ4v) is 2.30. The Hall–Kier alpha value is -5.24. The Labute approximate surface area is 214 Å². The molecule has 0 aliphatic heterocycles. The zero-order chi connectivity index (χ0) is 26.8. The minimum absolute atomic E-state index is 0. The van der Waals surface area contributed by atoms with E-state index in [1.807, 2.05) is 0 Å². The number of hydrogen-bond donors (Lipinski definition) is 0. The van der Waals surface area contributed by atoms with Crippen LogP contribution in [0.15, 0.2) is 121 Å². The van der Waals surface area contributed by atoms with E-state index in [9.17, 15) is 39.6 Å². The molecule has 8 heteroatoms. The van der Waals surface area contributed by atoms with Crippen LogP contribution in [-0.2, 0) is 0 Å². The first-order valence-electron chi connectivity index (χ1n) is 10.3. The van der Waals surface area contributed by atoms with E-state index in [-0.39, 0.29) is 29.7 Å². The van der Waals surface area contributed by atoms with E-state index >= 15 is 0 Å². The van der Waals surface area contributed by atoms with Gasteiger partial charge in [0.25, 0.3) is 0 Å². The fourth-order valence-electron chi connectivity index (χ4n) is 2.30. The molecule has 0 bridgehead atoms. The van der Waals surface area contributed by atoms with Gasteiger partial charge in [0.15, 0.2) is 0 Å². The van der Waals surface area contributed by atoms with Gasteiger partial charge in [-0.3, -0.25) is 0 Å². The number of carbonyl (C=O) groups is 4. The second kappa shape index (κ2) is 18.1. The summed E-state index contributed by atoms with van der Waals surface area (Å²) in [5.41, 5.74) is 0.880. The van der Waals surface area contributed by atoms with Crippen LogP contribution < -0.4 is 20.4 Å². The first-order chi connectivity index (χ1) is 17.2. The van der Waals surface area contributed by atoms with E-state index in [2.05, 4.69) is 0 Å². The largest absolute Gasteiger partial charge is 4.00 e. The Kier molecular flexibility index (Phi) is 15.6.